The molecule has 0 radical (unpaired) electrons. The molecule has 27 heavy (non-hydrogen) atoms. The molecule has 0 aromatic heterocycles. The van der Waals surface area contributed by atoms with Gasteiger partial charge in [-0.25, -0.2) is 4.79 Å². The number of benzene rings is 2. The molecule has 1 heterocycles. The molecule has 0 saturated carbocycles. The summed E-state index contributed by atoms with van der Waals surface area (Å²) in [6, 6.07) is 10.5. The summed E-state index contributed by atoms with van der Waals surface area (Å²) in [7, 11) is 0. The normalized spacial score (nSPS) is 16.7. The average molecular weight is 434 g/mol. The lowest BCUT2D eigenvalue weighted by Gasteiger charge is -2.38. The van der Waals surface area contributed by atoms with Crippen molar-refractivity contribution < 1.29 is 19.7 Å². The third-order valence-corrected chi connectivity index (χ3v) is 5.06. The molecule has 0 bridgehead atoms. The zero-order valence-electron chi connectivity index (χ0n) is 15.7. The van der Waals surface area contributed by atoms with Crippen LogP contribution in [0.15, 0.2) is 40.9 Å². The van der Waals surface area contributed by atoms with E-state index in [2.05, 4.69) is 15.9 Å². The van der Waals surface area contributed by atoms with E-state index in [1.54, 1.807) is 11.0 Å². The predicted molar refractivity (Wildman–Crippen MR) is 107 cm³/mol. The van der Waals surface area contributed by atoms with Crippen LogP contribution >= 0.6 is 15.9 Å². The number of fused-ring (bicyclic) bond motifs is 1. The van der Waals surface area contributed by atoms with Crippen molar-refractivity contribution in [1.29, 1.82) is 0 Å². The fourth-order valence-corrected chi connectivity index (χ4v) is 3.68. The van der Waals surface area contributed by atoms with Crippen LogP contribution in [0.25, 0.3) is 0 Å². The van der Waals surface area contributed by atoms with Gasteiger partial charge in [0.15, 0.2) is 0 Å². The van der Waals surface area contributed by atoms with E-state index in [9.17, 15) is 15.0 Å². The van der Waals surface area contributed by atoms with Gasteiger partial charge in [-0.2, -0.15) is 0 Å². The minimum absolute atomic E-state index is 0.000343. The lowest BCUT2D eigenvalue weighted by Crippen LogP contribution is -2.43. The molecule has 2 aromatic rings. The van der Waals surface area contributed by atoms with Gasteiger partial charge in [-0.3, -0.25) is 0 Å². The van der Waals surface area contributed by atoms with Crippen molar-refractivity contribution in [3.63, 3.8) is 0 Å². The van der Waals surface area contributed by atoms with E-state index in [0.717, 1.165) is 15.6 Å². The Kier molecular flexibility index (Phi) is 5.38. The Bertz CT molecular complexity index is 842. The number of ether oxygens (including phenoxy) is 1. The Hall–Kier alpha value is -2.21. The maximum absolute atomic E-state index is 12.8. The van der Waals surface area contributed by atoms with Crippen LogP contribution in [0.4, 0.5) is 4.79 Å². The third kappa shape index (κ3) is 4.56. The molecule has 6 heteroatoms. The Morgan fingerprint density at radius 2 is 1.89 bits per heavy atom. The van der Waals surface area contributed by atoms with Crippen molar-refractivity contribution in [1.82, 2.24) is 4.90 Å². The molecule has 1 unspecified atom stereocenters. The van der Waals surface area contributed by atoms with Gasteiger partial charge in [0.1, 0.15) is 17.1 Å². The zero-order valence-corrected chi connectivity index (χ0v) is 17.3. The van der Waals surface area contributed by atoms with Gasteiger partial charge >= 0.3 is 6.09 Å². The van der Waals surface area contributed by atoms with Gasteiger partial charge in [-0.15, -0.1) is 0 Å². The number of carbonyl (C=O) groups excluding carboxylic acids is 1. The van der Waals surface area contributed by atoms with Crippen LogP contribution in [-0.2, 0) is 17.6 Å². The molecule has 2 N–H and O–H groups in total. The quantitative estimate of drug-likeness (QED) is 0.703. The van der Waals surface area contributed by atoms with Crippen molar-refractivity contribution in [2.45, 2.75) is 45.3 Å². The van der Waals surface area contributed by atoms with E-state index in [1.807, 2.05) is 45.0 Å². The Labute approximate surface area is 167 Å². The molecule has 0 saturated heterocycles. The molecule has 0 fully saturated rings. The second kappa shape index (κ2) is 7.43. The number of nitrogens with zero attached hydrogens (tertiary/aromatic N) is 1. The average Bonchev–Trinajstić information content (AvgIpc) is 2.54. The summed E-state index contributed by atoms with van der Waals surface area (Å²) in [5.74, 6) is 0.0275. The summed E-state index contributed by atoms with van der Waals surface area (Å²) in [5.41, 5.74) is 1.97. The first-order valence-corrected chi connectivity index (χ1v) is 9.72. The minimum atomic E-state index is -0.601. The van der Waals surface area contributed by atoms with E-state index < -0.39 is 11.7 Å². The molecule has 0 aliphatic carbocycles. The standard InChI is InChI=1S/C21H24BrNO4/c1-21(2,3)27-20(26)23-9-8-14-11-16(24)12-18(25)19(14)17(23)10-13-4-6-15(22)7-5-13/h4-7,11-12,17,24-25H,8-10H2,1-3H3. The molecular weight excluding hydrogens is 410 g/mol. The first kappa shape index (κ1) is 19.5. The number of halogens is 1. The van der Waals surface area contributed by atoms with Crippen LogP contribution in [0, 0.1) is 0 Å². The lowest BCUT2D eigenvalue weighted by atomic mass is 9.88. The topological polar surface area (TPSA) is 70.0 Å². The van der Waals surface area contributed by atoms with Gasteiger partial charge in [0, 0.05) is 22.6 Å². The maximum atomic E-state index is 12.8. The largest absolute Gasteiger partial charge is 0.508 e. The van der Waals surface area contributed by atoms with Crippen molar-refractivity contribution in [2.24, 2.45) is 0 Å². The fourth-order valence-electron chi connectivity index (χ4n) is 3.42. The highest BCUT2D eigenvalue weighted by molar-refractivity contribution is 9.10. The van der Waals surface area contributed by atoms with Crippen LogP contribution in [-0.4, -0.2) is 33.4 Å². The van der Waals surface area contributed by atoms with Gasteiger partial charge in [0.2, 0.25) is 0 Å². The number of aromatic hydroxyl groups is 2. The third-order valence-electron chi connectivity index (χ3n) is 4.53. The number of hydrogen-bond acceptors (Lipinski definition) is 4. The number of rotatable bonds is 2. The SMILES string of the molecule is CC(C)(C)OC(=O)N1CCc2cc(O)cc(O)c2C1Cc1ccc(Br)cc1. The second-order valence-electron chi connectivity index (χ2n) is 7.81. The van der Waals surface area contributed by atoms with Crippen LogP contribution in [0.3, 0.4) is 0 Å². The molecule has 1 aliphatic heterocycles. The van der Waals surface area contributed by atoms with Crippen LogP contribution < -0.4 is 0 Å². The summed E-state index contributed by atoms with van der Waals surface area (Å²) in [4.78, 5) is 14.5. The molecule has 144 valence electrons. The van der Waals surface area contributed by atoms with E-state index >= 15 is 0 Å². The zero-order chi connectivity index (χ0) is 19.8. The summed E-state index contributed by atoms with van der Waals surface area (Å²) >= 11 is 3.43. The number of amides is 1. The highest BCUT2D eigenvalue weighted by Gasteiger charge is 2.35. The van der Waals surface area contributed by atoms with Crippen molar-refractivity contribution in [3.8, 4) is 11.5 Å². The smallest absolute Gasteiger partial charge is 0.410 e. The molecule has 1 aliphatic rings. The summed E-state index contributed by atoms with van der Waals surface area (Å²) in [5, 5.41) is 20.3. The van der Waals surface area contributed by atoms with Crippen molar-refractivity contribution >= 4 is 22.0 Å². The second-order valence-corrected chi connectivity index (χ2v) is 8.72. The molecular formula is C21H24BrNO4. The van der Waals surface area contributed by atoms with Crippen LogP contribution in [0.2, 0.25) is 0 Å². The van der Waals surface area contributed by atoms with Crippen molar-refractivity contribution in [3.05, 3.63) is 57.6 Å². The minimum Gasteiger partial charge on any atom is -0.508 e. The van der Waals surface area contributed by atoms with Gasteiger partial charge in [-0.05, 0) is 62.9 Å². The molecule has 1 atom stereocenters. The Morgan fingerprint density at radius 3 is 2.52 bits per heavy atom. The number of hydrogen-bond donors (Lipinski definition) is 2. The summed E-state index contributed by atoms with van der Waals surface area (Å²) < 4.78 is 6.57. The molecule has 3 rings (SSSR count). The fraction of sp³-hybridized carbons (Fsp3) is 0.381. The van der Waals surface area contributed by atoms with Crippen LogP contribution in [0.1, 0.15) is 43.5 Å². The highest BCUT2D eigenvalue weighted by Crippen LogP contribution is 2.41. The Balaban J connectivity index is 2.00. The monoisotopic (exact) mass is 433 g/mol. The summed E-state index contributed by atoms with van der Waals surface area (Å²) in [6.07, 6.45) is 0.688. The predicted octanol–water partition coefficient (Wildman–Crippen LogP) is 4.94. The van der Waals surface area contributed by atoms with Gasteiger partial charge in [0.05, 0.1) is 6.04 Å². The van der Waals surface area contributed by atoms with Gasteiger partial charge < -0.3 is 19.8 Å². The molecule has 5 nitrogen and oxygen atoms in total. The van der Waals surface area contributed by atoms with E-state index in [-0.39, 0.29) is 17.5 Å². The lowest BCUT2D eigenvalue weighted by molar-refractivity contribution is 0.0139. The first-order valence-electron chi connectivity index (χ1n) is 8.93. The van der Waals surface area contributed by atoms with E-state index in [1.165, 1.54) is 6.07 Å². The van der Waals surface area contributed by atoms with E-state index in [4.69, 9.17) is 4.74 Å². The maximum Gasteiger partial charge on any atom is 0.410 e. The van der Waals surface area contributed by atoms with Gasteiger partial charge in [0.25, 0.3) is 0 Å². The van der Waals surface area contributed by atoms with Crippen molar-refractivity contribution in [2.75, 3.05) is 6.54 Å². The number of phenolic OH excluding ortho intramolecular Hbond substituents is 2. The number of phenols is 2. The summed E-state index contributed by atoms with van der Waals surface area (Å²) in [6.45, 7) is 5.97. The van der Waals surface area contributed by atoms with E-state index in [0.29, 0.717) is 24.9 Å². The first-order chi connectivity index (χ1) is 12.6. The Morgan fingerprint density at radius 1 is 1.22 bits per heavy atom. The number of carbonyl (C=O) groups is 1. The van der Waals surface area contributed by atoms with Gasteiger partial charge in [-0.1, -0.05) is 28.1 Å². The molecule has 0 spiro atoms. The molecule has 1 amide bonds. The molecule has 2 aromatic carbocycles. The van der Waals surface area contributed by atoms with Crippen LogP contribution in [0.5, 0.6) is 11.5 Å². The highest BCUT2D eigenvalue weighted by atomic mass is 79.9.